The first-order chi connectivity index (χ1) is 9.35. The number of carbonyl (C=O) groups excluding carboxylic acids is 1. The minimum atomic E-state index is -0.424. The van der Waals surface area contributed by atoms with Crippen LogP contribution in [0.4, 0.5) is 0 Å². The molecule has 20 heavy (non-hydrogen) atoms. The van der Waals surface area contributed by atoms with E-state index >= 15 is 0 Å². The molecular weight excluding hydrogens is 254 g/mol. The van der Waals surface area contributed by atoms with E-state index in [1.54, 1.807) is 0 Å². The van der Waals surface area contributed by atoms with E-state index in [2.05, 4.69) is 19.2 Å². The third-order valence-electron chi connectivity index (χ3n) is 3.11. The fraction of sp³-hybridized carbons (Fsp3) is 0.562. The zero-order chi connectivity index (χ0) is 15.2. The van der Waals surface area contributed by atoms with Gasteiger partial charge >= 0.3 is 0 Å². The number of aliphatic hydroxyl groups is 1. The van der Waals surface area contributed by atoms with Crippen molar-refractivity contribution in [2.24, 2.45) is 0 Å². The highest BCUT2D eigenvalue weighted by Crippen LogP contribution is 2.25. The standard InChI is InChI=1S/C16H25NO3/c1-12(2)13-7-5-6-8-14(13)20-11-15(19)17-16(3,4)9-10-18/h5-8,12,18H,9-11H2,1-4H3,(H,17,19). The van der Waals surface area contributed by atoms with E-state index in [-0.39, 0.29) is 19.1 Å². The van der Waals surface area contributed by atoms with Gasteiger partial charge in [0.15, 0.2) is 6.61 Å². The second-order valence-electron chi connectivity index (χ2n) is 5.89. The van der Waals surface area contributed by atoms with Crippen LogP contribution >= 0.6 is 0 Å². The predicted molar refractivity (Wildman–Crippen MR) is 80.0 cm³/mol. The maximum Gasteiger partial charge on any atom is 0.258 e. The van der Waals surface area contributed by atoms with Crippen molar-refractivity contribution in [1.29, 1.82) is 0 Å². The summed E-state index contributed by atoms with van der Waals surface area (Å²) in [5.74, 6) is 0.916. The van der Waals surface area contributed by atoms with Gasteiger partial charge in [0.25, 0.3) is 5.91 Å². The molecule has 1 aromatic carbocycles. The Balaban J connectivity index is 2.57. The maximum atomic E-state index is 11.9. The molecule has 0 aromatic heterocycles. The van der Waals surface area contributed by atoms with Crippen LogP contribution in [-0.4, -0.2) is 29.8 Å². The largest absolute Gasteiger partial charge is 0.483 e. The van der Waals surface area contributed by atoms with E-state index in [0.29, 0.717) is 12.3 Å². The molecule has 0 radical (unpaired) electrons. The number of ether oxygens (including phenoxy) is 1. The normalized spacial score (nSPS) is 11.5. The van der Waals surface area contributed by atoms with Crippen LogP contribution in [0.1, 0.15) is 45.6 Å². The molecule has 112 valence electrons. The van der Waals surface area contributed by atoms with Crippen molar-refractivity contribution in [3.63, 3.8) is 0 Å². The Bertz CT molecular complexity index is 441. The number of hydrogen-bond acceptors (Lipinski definition) is 3. The van der Waals surface area contributed by atoms with Gasteiger partial charge in [-0.1, -0.05) is 32.0 Å². The summed E-state index contributed by atoms with van der Waals surface area (Å²) in [6, 6.07) is 7.75. The number of aliphatic hydroxyl groups excluding tert-OH is 1. The molecule has 0 aliphatic carbocycles. The van der Waals surface area contributed by atoms with Crippen molar-refractivity contribution in [2.75, 3.05) is 13.2 Å². The first-order valence-electron chi connectivity index (χ1n) is 6.99. The molecule has 0 heterocycles. The molecule has 2 N–H and O–H groups in total. The monoisotopic (exact) mass is 279 g/mol. The van der Waals surface area contributed by atoms with Crippen molar-refractivity contribution in [1.82, 2.24) is 5.32 Å². The molecule has 1 rings (SSSR count). The lowest BCUT2D eigenvalue weighted by atomic mass is 10.0. The predicted octanol–water partition coefficient (Wildman–Crippen LogP) is 2.47. The van der Waals surface area contributed by atoms with E-state index in [0.717, 1.165) is 11.3 Å². The number of rotatable bonds is 7. The van der Waals surface area contributed by atoms with Crippen LogP contribution in [0.25, 0.3) is 0 Å². The molecule has 4 nitrogen and oxygen atoms in total. The molecule has 1 amide bonds. The summed E-state index contributed by atoms with van der Waals surface area (Å²) in [6.07, 6.45) is 0.515. The molecule has 0 spiro atoms. The SMILES string of the molecule is CC(C)c1ccccc1OCC(=O)NC(C)(C)CCO. The van der Waals surface area contributed by atoms with E-state index < -0.39 is 5.54 Å². The Hall–Kier alpha value is -1.55. The molecule has 1 aromatic rings. The number of hydrogen-bond donors (Lipinski definition) is 2. The minimum Gasteiger partial charge on any atom is -0.483 e. The molecule has 0 aliphatic heterocycles. The molecule has 0 atom stereocenters. The van der Waals surface area contributed by atoms with Crippen molar-refractivity contribution in [3.05, 3.63) is 29.8 Å². The fourth-order valence-electron chi connectivity index (χ4n) is 1.99. The highest BCUT2D eigenvalue weighted by atomic mass is 16.5. The van der Waals surface area contributed by atoms with E-state index in [4.69, 9.17) is 9.84 Å². The molecule has 0 saturated carbocycles. The number of para-hydroxylation sites is 1. The first kappa shape index (κ1) is 16.5. The Kier molecular flexibility index (Phi) is 6.02. The Labute approximate surface area is 121 Å². The fourth-order valence-corrected chi connectivity index (χ4v) is 1.99. The molecule has 0 bridgehead atoms. The smallest absolute Gasteiger partial charge is 0.258 e. The van der Waals surface area contributed by atoms with Crippen LogP contribution in [-0.2, 0) is 4.79 Å². The summed E-state index contributed by atoms with van der Waals surface area (Å²) in [4.78, 5) is 11.9. The highest BCUT2D eigenvalue weighted by Gasteiger charge is 2.20. The quantitative estimate of drug-likeness (QED) is 0.806. The van der Waals surface area contributed by atoms with Crippen molar-refractivity contribution in [3.8, 4) is 5.75 Å². The molecule has 0 unspecified atom stereocenters. The van der Waals surface area contributed by atoms with Crippen LogP contribution in [0.5, 0.6) is 5.75 Å². The van der Waals surface area contributed by atoms with Gasteiger partial charge in [0, 0.05) is 12.1 Å². The Morgan fingerprint density at radius 3 is 2.60 bits per heavy atom. The second kappa shape index (κ2) is 7.29. The zero-order valence-corrected chi connectivity index (χ0v) is 12.8. The topological polar surface area (TPSA) is 58.6 Å². The lowest BCUT2D eigenvalue weighted by molar-refractivity contribution is -0.124. The average molecular weight is 279 g/mol. The van der Waals surface area contributed by atoms with E-state index in [1.165, 1.54) is 0 Å². The van der Waals surface area contributed by atoms with Crippen molar-refractivity contribution >= 4 is 5.91 Å². The van der Waals surface area contributed by atoms with E-state index in [9.17, 15) is 4.79 Å². The highest BCUT2D eigenvalue weighted by molar-refractivity contribution is 5.78. The molecule has 0 saturated heterocycles. The third kappa shape index (κ3) is 5.21. The van der Waals surface area contributed by atoms with Crippen LogP contribution in [0.15, 0.2) is 24.3 Å². The summed E-state index contributed by atoms with van der Waals surface area (Å²) >= 11 is 0. The van der Waals surface area contributed by atoms with Crippen molar-refractivity contribution < 1.29 is 14.6 Å². The Morgan fingerprint density at radius 1 is 1.35 bits per heavy atom. The Morgan fingerprint density at radius 2 is 2.00 bits per heavy atom. The van der Waals surface area contributed by atoms with Crippen LogP contribution in [0, 0.1) is 0 Å². The summed E-state index contributed by atoms with van der Waals surface area (Å²) in [5.41, 5.74) is 0.669. The minimum absolute atomic E-state index is 0.0153. The van der Waals surface area contributed by atoms with Crippen LogP contribution < -0.4 is 10.1 Å². The number of nitrogens with one attached hydrogen (secondary N) is 1. The summed E-state index contributed by atoms with van der Waals surface area (Å²) < 4.78 is 5.61. The number of benzene rings is 1. The van der Waals surface area contributed by atoms with Gasteiger partial charge in [0.05, 0.1) is 0 Å². The maximum absolute atomic E-state index is 11.9. The van der Waals surface area contributed by atoms with Gasteiger partial charge < -0.3 is 15.2 Å². The average Bonchev–Trinajstić information content (AvgIpc) is 2.35. The van der Waals surface area contributed by atoms with Crippen LogP contribution in [0.3, 0.4) is 0 Å². The third-order valence-corrected chi connectivity index (χ3v) is 3.11. The molecule has 0 aliphatic rings. The summed E-state index contributed by atoms with van der Waals surface area (Å²) in [6.45, 7) is 7.97. The summed E-state index contributed by atoms with van der Waals surface area (Å²) in [5, 5.41) is 11.8. The summed E-state index contributed by atoms with van der Waals surface area (Å²) in [7, 11) is 0. The van der Waals surface area contributed by atoms with Gasteiger partial charge in [-0.2, -0.15) is 0 Å². The molecule has 0 fully saturated rings. The van der Waals surface area contributed by atoms with Gasteiger partial charge in [-0.25, -0.2) is 0 Å². The van der Waals surface area contributed by atoms with Gasteiger partial charge in [0.2, 0.25) is 0 Å². The number of carbonyl (C=O) groups is 1. The van der Waals surface area contributed by atoms with E-state index in [1.807, 2.05) is 38.1 Å². The van der Waals surface area contributed by atoms with Gasteiger partial charge in [-0.3, -0.25) is 4.79 Å². The van der Waals surface area contributed by atoms with Crippen molar-refractivity contribution in [2.45, 2.75) is 45.6 Å². The van der Waals surface area contributed by atoms with Crippen LogP contribution in [0.2, 0.25) is 0 Å². The number of amides is 1. The second-order valence-corrected chi connectivity index (χ2v) is 5.89. The van der Waals surface area contributed by atoms with Gasteiger partial charge in [0.1, 0.15) is 5.75 Å². The first-order valence-corrected chi connectivity index (χ1v) is 6.99. The molecular formula is C16H25NO3. The van der Waals surface area contributed by atoms with Gasteiger partial charge in [-0.15, -0.1) is 0 Å². The van der Waals surface area contributed by atoms with Gasteiger partial charge in [-0.05, 0) is 37.8 Å². The molecule has 4 heteroatoms. The lowest BCUT2D eigenvalue weighted by Gasteiger charge is -2.25. The lowest BCUT2D eigenvalue weighted by Crippen LogP contribution is -2.46. The zero-order valence-electron chi connectivity index (χ0n) is 12.8.